The first-order chi connectivity index (χ1) is 21.2. The zero-order valence-electron chi connectivity index (χ0n) is 23.7. The quantitative estimate of drug-likeness (QED) is 0.361. The fourth-order valence-electron chi connectivity index (χ4n) is 6.83. The summed E-state index contributed by atoms with van der Waals surface area (Å²) in [4.78, 5) is 55.7. The minimum atomic E-state index is -2.90. The van der Waals surface area contributed by atoms with Crippen LogP contribution in [0.5, 0.6) is 0 Å². The molecular weight excluding hydrogens is 568 g/mol. The maximum atomic E-state index is 14.4. The van der Waals surface area contributed by atoms with Gasteiger partial charge in [0.15, 0.2) is 0 Å². The highest BCUT2D eigenvalue weighted by Gasteiger charge is 2.53. The first kappa shape index (κ1) is 28.0. The molecule has 6 heterocycles. The van der Waals surface area contributed by atoms with Crippen molar-refractivity contribution in [1.82, 2.24) is 25.2 Å². The second kappa shape index (κ2) is 10.4. The number of nitrogens with one attached hydrogen (secondary N) is 1. The Morgan fingerprint density at radius 3 is 2.52 bits per heavy atom. The Hall–Kier alpha value is -4.84. The van der Waals surface area contributed by atoms with Gasteiger partial charge in [-0.05, 0) is 35.9 Å². The highest BCUT2D eigenvalue weighted by Crippen LogP contribution is 2.48. The average Bonchev–Trinajstić information content (AvgIpc) is 3.51. The summed E-state index contributed by atoms with van der Waals surface area (Å²) >= 11 is 0. The van der Waals surface area contributed by atoms with Gasteiger partial charge in [-0.25, -0.2) is 8.78 Å². The van der Waals surface area contributed by atoms with Crippen LogP contribution in [0.1, 0.15) is 41.0 Å². The van der Waals surface area contributed by atoms with Gasteiger partial charge in [-0.3, -0.25) is 34.7 Å². The Morgan fingerprint density at radius 2 is 1.82 bits per heavy atom. The van der Waals surface area contributed by atoms with Crippen LogP contribution in [0.25, 0.3) is 21.9 Å². The van der Waals surface area contributed by atoms with Crippen molar-refractivity contribution in [3.05, 3.63) is 84.2 Å². The lowest BCUT2D eigenvalue weighted by atomic mass is 9.74. The van der Waals surface area contributed by atoms with Gasteiger partial charge >= 0.3 is 0 Å². The van der Waals surface area contributed by atoms with Crippen LogP contribution in [-0.2, 0) is 21.5 Å². The molecule has 1 spiro atoms. The number of rotatable bonds is 5. The van der Waals surface area contributed by atoms with Crippen molar-refractivity contribution >= 4 is 34.2 Å². The standard InChI is InChI=1S/C32H29F2N7O3/c33-32(34)13-24(39-18-32)29(43)40-11-8-31(9-12-40)22-7-10-36-16-26(22)41(30(31)44)17-25-27(20-5-6-23(28(35)42)37-15-20)21-4-2-1-3-19(21)14-38-25/h1-7,10,14-16,24,39H,8-9,11-13,17-18H2,(H2,35,42). The van der Waals surface area contributed by atoms with Gasteiger partial charge < -0.3 is 15.5 Å². The lowest BCUT2D eigenvalue weighted by Gasteiger charge is -2.39. The van der Waals surface area contributed by atoms with Crippen molar-refractivity contribution in [2.75, 3.05) is 24.5 Å². The molecule has 0 saturated carbocycles. The van der Waals surface area contributed by atoms with Gasteiger partial charge in [-0.1, -0.05) is 30.3 Å². The number of aromatic nitrogens is 3. The average molecular weight is 598 g/mol. The van der Waals surface area contributed by atoms with E-state index in [9.17, 15) is 23.2 Å². The van der Waals surface area contributed by atoms with Crippen LogP contribution in [0.3, 0.4) is 0 Å². The van der Waals surface area contributed by atoms with E-state index >= 15 is 0 Å². The first-order valence-corrected chi connectivity index (χ1v) is 14.5. The number of hydrogen-bond donors (Lipinski definition) is 2. The van der Waals surface area contributed by atoms with Crippen molar-refractivity contribution in [2.45, 2.75) is 43.2 Å². The maximum Gasteiger partial charge on any atom is 0.267 e. The van der Waals surface area contributed by atoms with Crippen molar-refractivity contribution in [2.24, 2.45) is 5.73 Å². The molecule has 10 nitrogen and oxygen atoms in total. The van der Waals surface area contributed by atoms with Gasteiger partial charge in [0.2, 0.25) is 11.8 Å². The van der Waals surface area contributed by atoms with E-state index in [4.69, 9.17) is 10.7 Å². The largest absolute Gasteiger partial charge is 0.364 e. The molecule has 2 fully saturated rings. The highest BCUT2D eigenvalue weighted by molar-refractivity contribution is 6.08. The number of piperidine rings is 1. The van der Waals surface area contributed by atoms with Crippen LogP contribution in [0.2, 0.25) is 0 Å². The van der Waals surface area contributed by atoms with E-state index in [0.29, 0.717) is 24.2 Å². The Bertz CT molecular complexity index is 1810. The number of carbonyl (C=O) groups excluding carboxylic acids is 3. The third kappa shape index (κ3) is 4.57. The molecule has 3 aromatic heterocycles. The first-order valence-electron chi connectivity index (χ1n) is 14.5. The monoisotopic (exact) mass is 597 g/mol. The molecule has 1 atom stereocenters. The molecule has 0 bridgehead atoms. The van der Waals surface area contributed by atoms with E-state index in [1.165, 1.54) is 0 Å². The second-order valence-electron chi connectivity index (χ2n) is 11.6. The Balaban J connectivity index is 1.21. The number of carbonyl (C=O) groups is 3. The summed E-state index contributed by atoms with van der Waals surface area (Å²) in [6.45, 7) is 0.203. The zero-order valence-corrected chi connectivity index (χ0v) is 23.7. The van der Waals surface area contributed by atoms with Crippen molar-refractivity contribution < 1.29 is 23.2 Å². The van der Waals surface area contributed by atoms with E-state index in [-0.39, 0.29) is 37.1 Å². The number of anilines is 1. The number of benzene rings is 1. The van der Waals surface area contributed by atoms with Crippen LogP contribution >= 0.6 is 0 Å². The van der Waals surface area contributed by atoms with Crippen LogP contribution in [-0.4, -0.2) is 69.2 Å². The lowest BCUT2D eigenvalue weighted by Crippen LogP contribution is -2.53. The molecule has 3 N–H and O–H groups in total. The molecular formula is C32H29F2N7O3. The molecule has 0 radical (unpaired) electrons. The smallest absolute Gasteiger partial charge is 0.267 e. The van der Waals surface area contributed by atoms with Crippen LogP contribution in [0.4, 0.5) is 14.5 Å². The van der Waals surface area contributed by atoms with Gasteiger partial charge in [-0.15, -0.1) is 0 Å². The van der Waals surface area contributed by atoms with Gasteiger partial charge in [-0.2, -0.15) is 0 Å². The molecule has 2 saturated heterocycles. The number of pyridine rings is 3. The van der Waals surface area contributed by atoms with Gasteiger partial charge in [0.05, 0.1) is 42.1 Å². The molecule has 44 heavy (non-hydrogen) atoms. The summed E-state index contributed by atoms with van der Waals surface area (Å²) in [5, 5.41) is 4.46. The minimum absolute atomic E-state index is 0.110. The van der Waals surface area contributed by atoms with E-state index in [1.807, 2.05) is 30.3 Å². The number of nitrogens with two attached hydrogens (primary N) is 1. The topological polar surface area (TPSA) is 134 Å². The number of nitrogens with zero attached hydrogens (tertiary/aromatic N) is 5. The number of fused-ring (bicyclic) bond motifs is 3. The molecule has 1 unspecified atom stereocenters. The summed E-state index contributed by atoms with van der Waals surface area (Å²) in [6, 6.07) is 12.0. The summed E-state index contributed by atoms with van der Waals surface area (Å²) in [5.74, 6) is -3.99. The molecule has 12 heteroatoms. The summed E-state index contributed by atoms with van der Waals surface area (Å²) in [6.07, 6.45) is 6.90. The number of alkyl halides is 2. The summed E-state index contributed by atoms with van der Waals surface area (Å²) in [5.41, 5.74) is 8.34. The zero-order chi connectivity index (χ0) is 30.6. The molecule has 224 valence electrons. The highest BCUT2D eigenvalue weighted by atomic mass is 19.3. The van der Waals surface area contributed by atoms with Crippen LogP contribution < -0.4 is 16.0 Å². The molecule has 0 aliphatic carbocycles. The molecule has 3 amide bonds. The molecule has 3 aliphatic rings. The number of amides is 3. The van der Waals surface area contributed by atoms with Gasteiger partial charge in [0.1, 0.15) is 5.69 Å². The number of hydrogen-bond acceptors (Lipinski definition) is 7. The van der Waals surface area contributed by atoms with Crippen molar-refractivity contribution in [1.29, 1.82) is 0 Å². The molecule has 4 aromatic rings. The van der Waals surface area contributed by atoms with Crippen molar-refractivity contribution in [3.63, 3.8) is 0 Å². The third-order valence-corrected chi connectivity index (χ3v) is 9.09. The van der Waals surface area contributed by atoms with E-state index in [1.54, 1.807) is 46.7 Å². The minimum Gasteiger partial charge on any atom is -0.364 e. The van der Waals surface area contributed by atoms with Crippen molar-refractivity contribution in [3.8, 4) is 11.1 Å². The van der Waals surface area contributed by atoms with E-state index in [2.05, 4.69) is 15.3 Å². The fourth-order valence-corrected chi connectivity index (χ4v) is 6.83. The predicted molar refractivity (Wildman–Crippen MR) is 158 cm³/mol. The molecule has 7 rings (SSSR count). The number of primary amides is 1. The second-order valence-corrected chi connectivity index (χ2v) is 11.6. The summed E-state index contributed by atoms with van der Waals surface area (Å²) in [7, 11) is 0. The Kier molecular flexibility index (Phi) is 6.61. The van der Waals surface area contributed by atoms with E-state index in [0.717, 1.165) is 27.5 Å². The molecule has 3 aliphatic heterocycles. The van der Waals surface area contributed by atoms with Gasteiger partial charge in [0.25, 0.3) is 11.8 Å². The SMILES string of the molecule is NC(=O)c1ccc(-c2c(CN3C(=O)C4(CCN(C(=O)C5CC(F)(F)CN5)CC4)c4ccncc43)ncc3ccccc23)cn1. The summed E-state index contributed by atoms with van der Waals surface area (Å²) < 4.78 is 27.5. The van der Waals surface area contributed by atoms with Crippen LogP contribution in [0.15, 0.2) is 67.3 Å². The fraction of sp³-hybridized carbons (Fsp3) is 0.312. The number of likely N-dealkylation sites (tertiary alicyclic amines) is 1. The Morgan fingerprint density at radius 1 is 1.02 bits per heavy atom. The van der Waals surface area contributed by atoms with Gasteiger partial charge in [0, 0.05) is 54.6 Å². The van der Waals surface area contributed by atoms with Crippen LogP contribution in [0, 0.1) is 0 Å². The number of halogens is 2. The lowest BCUT2D eigenvalue weighted by molar-refractivity contribution is -0.137. The third-order valence-electron chi connectivity index (χ3n) is 9.09. The maximum absolute atomic E-state index is 14.4. The Labute approximate surface area is 251 Å². The van der Waals surface area contributed by atoms with E-state index < -0.39 is 36.3 Å². The predicted octanol–water partition coefficient (Wildman–Crippen LogP) is 3.19. The molecule has 1 aromatic carbocycles. The normalized spacial score (nSPS) is 20.3.